The van der Waals surface area contributed by atoms with Crippen LogP contribution in [0.5, 0.6) is 0 Å². The average Bonchev–Trinajstić information content (AvgIpc) is 2.94. The van der Waals surface area contributed by atoms with Crippen LogP contribution >= 0.6 is 11.3 Å². The third-order valence-corrected chi connectivity index (χ3v) is 6.79. The third kappa shape index (κ3) is 4.45. The number of likely N-dealkylation sites (N-methyl/N-ethyl adjacent to an activating group) is 1. The highest BCUT2D eigenvalue weighted by Crippen LogP contribution is 2.25. The number of amides is 1. The molecular formula is C19H29N3O3S. The van der Waals surface area contributed by atoms with E-state index in [1.165, 1.54) is 10.4 Å². The van der Waals surface area contributed by atoms with Crippen molar-refractivity contribution in [3.8, 4) is 0 Å². The molecule has 1 fully saturated rings. The van der Waals surface area contributed by atoms with Crippen LogP contribution in [0.15, 0.2) is 11.4 Å². The number of rotatable bonds is 5. The maximum absolute atomic E-state index is 13.0. The number of hydrogen-bond donors (Lipinski definition) is 1. The van der Waals surface area contributed by atoms with Gasteiger partial charge in [-0.2, -0.15) is 0 Å². The Hall–Kier alpha value is -1.44. The summed E-state index contributed by atoms with van der Waals surface area (Å²) >= 11 is 1.79. The van der Waals surface area contributed by atoms with Gasteiger partial charge in [-0.05, 0) is 63.2 Å². The van der Waals surface area contributed by atoms with Crippen LogP contribution < -0.4 is 0 Å². The molecule has 144 valence electrons. The predicted octanol–water partition coefficient (Wildman–Crippen LogP) is 1.89. The fraction of sp³-hybridized carbons (Fsp3) is 0.684. The predicted molar refractivity (Wildman–Crippen MR) is 102 cm³/mol. The maximum Gasteiger partial charge on any atom is 0.317 e. The van der Waals surface area contributed by atoms with Crippen molar-refractivity contribution in [1.29, 1.82) is 0 Å². The molecule has 0 aliphatic carbocycles. The summed E-state index contributed by atoms with van der Waals surface area (Å²) in [4.78, 5) is 31.6. The molecule has 0 spiro atoms. The van der Waals surface area contributed by atoms with E-state index in [9.17, 15) is 9.59 Å². The summed E-state index contributed by atoms with van der Waals surface area (Å²) in [5.74, 6) is -0.561. The average molecular weight is 380 g/mol. The monoisotopic (exact) mass is 379 g/mol. The van der Waals surface area contributed by atoms with E-state index in [1.54, 1.807) is 11.3 Å². The molecule has 1 amide bonds. The van der Waals surface area contributed by atoms with E-state index in [2.05, 4.69) is 16.3 Å². The fourth-order valence-electron chi connectivity index (χ4n) is 4.13. The van der Waals surface area contributed by atoms with Crippen LogP contribution in [-0.2, 0) is 22.6 Å². The smallest absolute Gasteiger partial charge is 0.317 e. The second-order valence-corrected chi connectivity index (χ2v) is 8.48. The van der Waals surface area contributed by atoms with Crippen molar-refractivity contribution in [3.05, 3.63) is 21.9 Å². The summed E-state index contributed by atoms with van der Waals surface area (Å²) in [5.41, 5.74) is 1.30. The zero-order chi connectivity index (χ0) is 18.7. The minimum atomic E-state index is -0.782. The van der Waals surface area contributed by atoms with Crippen molar-refractivity contribution in [3.63, 3.8) is 0 Å². The van der Waals surface area contributed by atoms with E-state index in [0.717, 1.165) is 51.9 Å². The van der Waals surface area contributed by atoms with Gasteiger partial charge in [-0.3, -0.25) is 19.4 Å². The Labute approximate surface area is 159 Å². The molecule has 2 aliphatic heterocycles. The SMILES string of the molecule is CC(C(=O)N1CCc2sccc2C1)N1CCCC(N(C)CC(=O)O)CC1. The molecule has 1 aromatic heterocycles. The summed E-state index contributed by atoms with van der Waals surface area (Å²) in [5, 5.41) is 11.1. The van der Waals surface area contributed by atoms with Crippen molar-refractivity contribution in [2.45, 2.75) is 51.2 Å². The zero-order valence-electron chi connectivity index (χ0n) is 15.7. The first-order chi connectivity index (χ1) is 12.5. The Bertz CT molecular complexity index is 648. The molecule has 26 heavy (non-hydrogen) atoms. The first kappa shape index (κ1) is 19.3. The number of carbonyl (C=O) groups excluding carboxylic acids is 1. The number of carboxylic acids is 1. The van der Waals surface area contributed by atoms with Crippen LogP contribution in [0, 0.1) is 0 Å². The Balaban J connectivity index is 1.55. The first-order valence-corrected chi connectivity index (χ1v) is 10.3. The van der Waals surface area contributed by atoms with Gasteiger partial charge < -0.3 is 10.0 Å². The minimum absolute atomic E-state index is 0.0793. The van der Waals surface area contributed by atoms with E-state index < -0.39 is 5.97 Å². The fourth-order valence-corrected chi connectivity index (χ4v) is 5.02. The van der Waals surface area contributed by atoms with Crippen molar-refractivity contribution in [2.24, 2.45) is 0 Å². The first-order valence-electron chi connectivity index (χ1n) is 9.46. The molecular weight excluding hydrogens is 350 g/mol. The zero-order valence-corrected chi connectivity index (χ0v) is 16.5. The summed E-state index contributed by atoms with van der Waals surface area (Å²) in [6.07, 6.45) is 3.87. The lowest BCUT2D eigenvalue weighted by atomic mass is 10.1. The number of aliphatic carboxylic acids is 1. The normalized spacial score (nSPS) is 22.7. The highest BCUT2D eigenvalue weighted by molar-refractivity contribution is 7.10. The number of carboxylic acid groups (broad SMARTS) is 1. The number of likely N-dealkylation sites (tertiary alicyclic amines) is 1. The van der Waals surface area contributed by atoms with Gasteiger partial charge in [-0.15, -0.1) is 11.3 Å². The van der Waals surface area contributed by atoms with E-state index >= 15 is 0 Å². The summed E-state index contributed by atoms with van der Waals surface area (Å²) in [6.45, 7) is 5.40. The van der Waals surface area contributed by atoms with Gasteiger partial charge in [0.05, 0.1) is 12.6 Å². The largest absolute Gasteiger partial charge is 0.480 e. The molecule has 1 saturated heterocycles. The van der Waals surface area contributed by atoms with Crippen molar-refractivity contribution in [2.75, 3.05) is 33.2 Å². The lowest BCUT2D eigenvalue weighted by Gasteiger charge is -2.34. The molecule has 2 unspecified atom stereocenters. The van der Waals surface area contributed by atoms with E-state index in [-0.39, 0.29) is 24.5 Å². The Morgan fingerprint density at radius 3 is 2.92 bits per heavy atom. The number of hydrogen-bond acceptors (Lipinski definition) is 5. The highest BCUT2D eigenvalue weighted by Gasteiger charge is 2.31. The molecule has 3 heterocycles. The van der Waals surface area contributed by atoms with Gasteiger partial charge in [-0.1, -0.05) is 0 Å². The lowest BCUT2D eigenvalue weighted by Crippen LogP contribution is -2.49. The second-order valence-electron chi connectivity index (χ2n) is 7.48. The molecule has 7 heteroatoms. The molecule has 2 aliphatic rings. The molecule has 0 bridgehead atoms. The van der Waals surface area contributed by atoms with Gasteiger partial charge in [0.2, 0.25) is 5.91 Å². The van der Waals surface area contributed by atoms with Gasteiger partial charge in [0.15, 0.2) is 0 Å². The second kappa shape index (κ2) is 8.50. The number of carbonyl (C=O) groups is 2. The van der Waals surface area contributed by atoms with Crippen LogP contribution in [0.25, 0.3) is 0 Å². The Kier molecular flexibility index (Phi) is 6.32. The van der Waals surface area contributed by atoms with Gasteiger partial charge in [0, 0.05) is 30.6 Å². The summed E-state index contributed by atoms with van der Waals surface area (Å²) < 4.78 is 0. The maximum atomic E-state index is 13.0. The van der Waals surface area contributed by atoms with E-state index in [0.29, 0.717) is 0 Å². The molecule has 0 saturated carbocycles. The van der Waals surface area contributed by atoms with Crippen LogP contribution in [0.4, 0.5) is 0 Å². The Morgan fingerprint density at radius 2 is 2.15 bits per heavy atom. The molecule has 1 aromatic rings. The quantitative estimate of drug-likeness (QED) is 0.846. The molecule has 2 atom stereocenters. The van der Waals surface area contributed by atoms with Gasteiger partial charge in [0.1, 0.15) is 0 Å². The van der Waals surface area contributed by atoms with Gasteiger partial charge >= 0.3 is 5.97 Å². The van der Waals surface area contributed by atoms with E-state index in [1.807, 2.05) is 23.8 Å². The van der Waals surface area contributed by atoms with Crippen LogP contribution in [-0.4, -0.2) is 77.0 Å². The van der Waals surface area contributed by atoms with E-state index in [4.69, 9.17) is 5.11 Å². The Morgan fingerprint density at radius 1 is 1.35 bits per heavy atom. The lowest BCUT2D eigenvalue weighted by molar-refractivity contribution is -0.138. The third-order valence-electron chi connectivity index (χ3n) is 5.76. The number of nitrogens with zero attached hydrogens (tertiary/aromatic N) is 3. The van der Waals surface area contributed by atoms with Crippen LogP contribution in [0.3, 0.4) is 0 Å². The molecule has 0 radical (unpaired) electrons. The summed E-state index contributed by atoms with van der Waals surface area (Å²) in [7, 11) is 1.88. The standard InChI is InChI=1S/C19H29N3O3S/c1-14(19(25)22-10-6-17-15(12-22)7-11-26-17)21-8-3-4-16(5-9-21)20(2)13-18(23)24/h7,11,14,16H,3-6,8-10,12-13H2,1-2H3,(H,23,24). The highest BCUT2D eigenvalue weighted by atomic mass is 32.1. The summed E-state index contributed by atoms with van der Waals surface area (Å²) in [6, 6.07) is 2.30. The number of thiophene rings is 1. The molecule has 3 rings (SSSR count). The van der Waals surface area contributed by atoms with Gasteiger partial charge in [0.25, 0.3) is 0 Å². The topological polar surface area (TPSA) is 64.1 Å². The van der Waals surface area contributed by atoms with Crippen LogP contribution in [0.1, 0.15) is 36.6 Å². The molecule has 1 N–H and O–H groups in total. The van der Waals surface area contributed by atoms with Gasteiger partial charge in [-0.25, -0.2) is 0 Å². The van der Waals surface area contributed by atoms with Crippen molar-refractivity contribution >= 4 is 23.2 Å². The molecule has 6 nitrogen and oxygen atoms in total. The van der Waals surface area contributed by atoms with Crippen molar-refractivity contribution < 1.29 is 14.7 Å². The molecule has 0 aromatic carbocycles. The van der Waals surface area contributed by atoms with Crippen LogP contribution in [0.2, 0.25) is 0 Å². The minimum Gasteiger partial charge on any atom is -0.480 e. The number of fused-ring (bicyclic) bond motifs is 1. The van der Waals surface area contributed by atoms with Crippen molar-refractivity contribution in [1.82, 2.24) is 14.7 Å².